The number of ether oxygens (including phenoxy) is 1. The molecule has 0 saturated carbocycles. The van der Waals surface area contributed by atoms with Gasteiger partial charge in [-0.25, -0.2) is 4.39 Å². The van der Waals surface area contributed by atoms with E-state index in [0.717, 1.165) is 11.3 Å². The van der Waals surface area contributed by atoms with E-state index in [9.17, 15) is 9.18 Å². The number of hydrogen-bond donors (Lipinski definition) is 1. The summed E-state index contributed by atoms with van der Waals surface area (Å²) in [6.07, 6.45) is 0. The first-order chi connectivity index (χ1) is 13.4. The summed E-state index contributed by atoms with van der Waals surface area (Å²) in [7, 11) is 0. The van der Waals surface area contributed by atoms with E-state index in [1.807, 2.05) is 26.8 Å². The molecule has 28 heavy (non-hydrogen) atoms. The smallest absolute Gasteiger partial charge is 0.259 e. The number of aryl methyl sites for hydroxylation is 1. The van der Waals surface area contributed by atoms with Crippen molar-refractivity contribution in [1.82, 2.24) is 9.78 Å². The zero-order valence-electron chi connectivity index (χ0n) is 15.9. The minimum Gasteiger partial charge on any atom is -0.493 e. The quantitative estimate of drug-likeness (QED) is 0.633. The highest BCUT2D eigenvalue weighted by Gasteiger charge is 2.18. The van der Waals surface area contributed by atoms with Crippen molar-refractivity contribution in [3.05, 3.63) is 75.8 Å². The summed E-state index contributed by atoms with van der Waals surface area (Å²) in [6, 6.07) is 11.4. The number of nitrogens with zero attached hydrogens (tertiary/aromatic N) is 2. The maximum Gasteiger partial charge on any atom is 0.259 e. The van der Waals surface area contributed by atoms with Gasteiger partial charge in [-0.1, -0.05) is 29.8 Å². The number of anilines is 1. The van der Waals surface area contributed by atoms with Crippen molar-refractivity contribution in [3.63, 3.8) is 0 Å². The van der Waals surface area contributed by atoms with Gasteiger partial charge in [-0.2, -0.15) is 5.10 Å². The molecule has 0 spiro atoms. The normalized spacial score (nSPS) is 10.8. The Kier molecular flexibility index (Phi) is 5.99. The molecule has 3 rings (SSSR count). The van der Waals surface area contributed by atoms with Crippen LogP contribution in [-0.2, 0) is 6.54 Å². The highest BCUT2D eigenvalue weighted by atomic mass is 35.5. The van der Waals surface area contributed by atoms with Gasteiger partial charge in [-0.15, -0.1) is 0 Å². The fourth-order valence-corrected chi connectivity index (χ4v) is 3.19. The lowest BCUT2D eigenvalue weighted by Crippen LogP contribution is -2.15. The Morgan fingerprint density at radius 2 is 2.00 bits per heavy atom. The number of benzene rings is 2. The van der Waals surface area contributed by atoms with Gasteiger partial charge >= 0.3 is 0 Å². The molecular weight excluding hydrogens is 381 g/mol. The highest BCUT2D eigenvalue weighted by molar-refractivity contribution is 6.31. The third-order valence-electron chi connectivity index (χ3n) is 4.39. The van der Waals surface area contributed by atoms with Crippen LogP contribution in [0.1, 0.15) is 34.2 Å². The number of rotatable bonds is 6. The van der Waals surface area contributed by atoms with E-state index < -0.39 is 0 Å². The molecule has 1 aromatic heterocycles. The molecule has 3 aromatic rings. The number of hydrogen-bond acceptors (Lipinski definition) is 3. The highest BCUT2D eigenvalue weighted by Crippen LogP contribution is 2.25. The van der Waals surface area contributed by atoms with Crippen LogP contribution in [0, 0.1) is 19.7 Å². The second-order valence-corrected chi connectivity index (χ2v) is 6.73. The van der Waals surface area contributed by atoms with Crippen molar-refractivity contribution in [2.24, 2.45) is 0 Å². The minimum atomic E-state index is -0.386. The number of amides is 1. The number of aromatic nitrogens is 2. The van der Waals surface area contributed by atoms with E-state index in [1.165, 1.54) is 12.1 Å². The molecule has 0 bridgehead atoms. The molecule has 5 nitrogen and oxygen atoms in total. The fraction of sp³-hybridized carbons (Fsp3) is 0.238. The molecule has 146 valence electrons. The third-order valence-corrected chi connectivity index (χ3v) is 4.74. The standard InChI is InChI=1S/C21H21ClFN3O2/c1-4-28-19-8-6-5-7-17(19)21(27)24-20-13(2)25-26(14(20)3)12-15-9-10-16(23)11-18(15)22/h5-11H,4,12H2,1-3H3,(H,24,27). The van der Waals surface area contributed by atoms with Crippen LogP contribution in [-0.4, -0.2) is 22.3 Å². The van der Waals surface area contributed by atoms with Crippen LogP contribution in [0.5, 0.6) is 5.75 Å². The van der Waals surface area contributed by atoms with Crippen molar-refractivity contribution in [1.29, 1.82) is 0 Å². The van der Waals surface area contributed by atoms with Crippen LogP contribution in [0.25, 0.3) is 0 Å². The molecule has 1 N–H and O–H groups in total. The first kappa shape index (κ1) is 19.9. The SMILES string of the molecule is CCOc1ccccc1C(=O)Nc1c(C)nn(Cc2ccc(F)cc2Cl)c1C. The van der Waals surface area contributed by atoms with Crippen molar-refractivity contribution in [3.8, 4) is 5.75 Å². The maximum atomic E-state index is 13.3. The first-order valence-electron chi connectivity index (χ1n) is 8.91. The zero-order chi connectivity index (χ0) is 20.3. The van der Waals surface area contributed by atoms with Crippen molar-refractivity contribution < 1.29 is 13.9 Å². The van der Waals surface area contributed by atoms with Crippen molar-refractivity contribution >= 4 is 23.2 Å². The number of carbonyl (C=O) groups excluding carboxylic acids is 1. The topological polar surface area (TPSA) is 56.1 Å². The van der Waals surface area contributed by atoms with Gasteiger partial charge in [-0.3, -0.25) is 9.48 Å². The van der Waals surface area contributed by atoms with Crippen LogP contribution >= 0.6 is 11.6 Å². The van der Waals surface area contributed by atoms with Gasteiger partial charge < -0.3 is 10.1 Å². The Morgan fingerprint density at radius 1 is 1.25 bits per heavy atom. The van der Waals surface area contributed by atoms with E-state index in [0.29, 0.717) is 40.9 Å². The summed E-state index contributed by atoms with van der Waals surface area (Å²) in [6.45, 7) is 6.39. The summed E-state index contributed by atoms with van der Waals surface area (Å²) in [5.41, 5.74) is 3.29. The molecule has 1 heterocycles. The van der Waals surface area contributed by atoms with E-state index in [2.05, 4.69) is 10.4 Å². The van der Waals surface area contributed by atoms with Crippen LogP contribution in [0.4, 0.5) is 10.1 Å². The molecule has 0 atom stereocenters. The van der Waals surface area contributed by atoms with Gasteiger partial charge in [0, 0.05) is 5.02 Å². The van der Waals surface area contributed by atoms with Gasteiger partial charge in [0.1, 0.15) is 11.6 Å². The molecule has 0 unspecified atom stereocenters. The van der Waals surface area contributed by atoms with Crippen molar-refractivity contribution in [2.45, 2.75) is 27.3 Å². The van der Waals surface area contributed by atoms with E-state index in [1.54, 1.807) is 28.9 Å². The Labute approximate surface area is 168 Å². The summed E-state index contributed by atoms with van der Waals surface area (Å²) < 4.78 is 20.5. The predicted molar refractivity (Wildman–Crippen MR) is 108 cm³/mol. The zero-order valence-corrected chi connectivity index (χ0v) is 16.7. The Bertz CT molecular complexity index is 1020. The summed E-state index contributed by atoms with van der Waals surface area (Å²) >= 11 is 6.13. The molecule has 0 aliphatic carbocycles. The van der Waals surface area contributed by atoms with Crippen LogP contribution in [0.15, 0.2) is 42.5 Å². The molecule has 7 heteroatoms. The average molecular weight is 402 g/mol. The fourth-order valence-electron chi connectivity index (χ4n) is 2.96. The molecule has 1 amide bonds. The lowest BCUT2D eigenvalue weighted by molar-refractivity contribution is 0.102. The van der Waals surface area contributed by atoms with E-state index in [-0.39, 0.29) is 11.7 Å². The second-order valence-electron chi connectivity index (χ2n) is 6.32. The summed E-state index contributed by atoms with van der Waals surface area (Å²) in [4.78, 5) is 12.8. The Balaban J connectivity index is 1.85. The number of carbonyl (C=O) groups is 1. The minimum absolute atomic E-state index is 0.269. The lowest BCUT2D eigenvalue weighted by Gasteiger charge is -2.11. The second kappa shape index (κ2) is 8.44. The summed E-state index contributed by atoms with van der Waals surface area (Å²) in [5.74, 6) is -0.124. The number of para-hydroxylation sites is 1. The third kappa shape index (κ3) is 4.17. The van der Waals surface area contributed by atoms with Crippen LogP contribution in [0.2, 0.25) is 5.02 Å². The average Bonchev–Trinajstić information content (AvgIpc) is 2.92. The molecule has 2 aromatic carbocycles. The maximum absolute atomic E-state index is 13.3. The first-order valence-corrected chi connectivity index (χ1v) is 9.29. The largest absolute Gasteiger partial charge is 0.493 e. The van der Waals surface area contributed by atoms with E-state index in [4.69, 9.17) is 16.3 Å². The molecule has 0 saturated heterocycles. The Hall–Kier alpha value is -2.86. The van der Waals surface area contributed by atoms with Gasteiger partial charge in [0.05, 0.1) is 35.8 Å². The monoisotopic (exact) mass is 401 g/mol. The van der Waals surface area contributed by atoms with E-state index >= 15 is 0 Å². The molecular formula is C21H21ClFN3O2. The number of nitrogens with one attached hydrogen (secondary N) is 1. The van der Waals surface area contributed by atoms with Gasteiger partial charge in [0.15, 0.2) is 0 Å². The van der Waals surface area contributed by atoms with Gasteiger partial charge in [0.25, 0.3) is 5.91 Å². The van der Waals surface area contributed by atoms with Crippen LogP contribution in [0.3, 0.4) is 0 Å². The molecule has 0 aliphatic rings. The molecule has 0 fully saturated rings. The van der Waals surface area contributed by atoms with Gasteiger partial charge in [0.2, 0.25) is 0 Å². The van der Waals surface area contributed by atoms with Gasteiger partial charge in [-0.05, 0) is 50.6 Å². The molecule has 0 radical (unpaired) electrons. The summed E-state index contributed by atoms with van der Waals surface area (Å²) in [5, 5.41) is 7.76. The van der Waals surface area contributed by atoms with Crippen LogP contribution < -0.4 is 10.1 Å². The Morgan fingerprint density at radius 3 is 2.71 bits per heavy atom. The lowest BCUT2D eigenvalue weighted by atomic mass is 10.1. The predicted octanol–water partition coefficient (Wildman–Crippen LogP) is 4.99. The number of halogens is 2. The molecule has 0 aliphatic heterocycles. The van der Waals surface area contributed by atoms with Crippen molar-refractivity contribution in [2.75, 3.05) is 11.9 Å².